The molecule has 0 saturated heterocycles. The molecule has 0 bridgehead atoms. The molecule has 2 N–H and O–H groups in total. The fraction of sp³-hybridized carbons (Fsp3) is 0.308. The largest absolute Gasteiger partial charge is 0.330 e. The number of halogens is 2. The Kier molecular flexibility index (Phi) is 8.37. The number of hydrogen-bond acceptors (Lipinski definition) is 10. The van der Waals surface area contributed by atoms with E-state index in [1.54, 1.807) is 0 Å². The molecule has 0 spiro atoms. The zero-order valence-electron chi connectivity index (χ0n) is 21.4. The molecule has 14 heteroatoms. The van der Waals surface area contributed by atoms with E-state index in [1.807, 2.05) is 57.6 Å². The molecule has 6 rings (SSSR count). The summed E-state index contributed by atoms with van der Waals surface area (Å²) in [6.45, 7) is 0. The quantitative estimate of drug-likeness (QED) is 0.128. The minimum absolute atomic E-state index is 0.705. The van der Waals surface area contributed by atoms with Crippen molar-refractivity contribution in [3.63, 3.8) is 0 Å². The third kappa shape index (κ3) is 6.52. The van der Waals surface area contributed by atoms with E-state index in [2.05, 4.69) is 41.2 Å². The van der Waals surface area contributed by atoms with Gasteiger partial charge < -0.3 is 10.6 Å². The summed E-state index contributed by atoms with van der Waals surface area (Å²) in [5, 5.41) is 36.1. The fourth-order valence-electron chi connectivity index (χ4n) is 4.31. The molecule has 0 aliphatic carbocycles. The van der Waals surface area contributed by atoms with Crippen molar-refractivity contribution < 1.29 is 0 Å². The van der Waals surface area contributed by atoms with Gasteiger partial charge in [0.25, 0.3) is 0 Å². The minimum Gasteiger partial charge on any atom is -0.330 e. The Labute approximate surface area is 248 Å². The summed E-state index contributed by atoms with van der Waals surface area (Å²) < 4.78 is 3.69. The molecule has 0 saturated carbocycles. The van der Waals surface area contributed by atoms with E-state index in [0.29, 0.717) is 10.0 Å². The Morgan fingerprint density at radius 1 is 0.550 bits per heavy atom. The number of unbranched alkanes of at least 4 members (excludes halogenated alkanes) is 5. The fourth-order valence-corrected chi connectivity index (χ4v) is 6.12. The number of nitrogens with one attached hydrogen (secondary N) is 2. The molecule has 4 heterocycles. The van der Waals surface area contributed by atoms with Crippen LogP contribution in [0.1, 0.15) is 50.2 Å². The Morgan fingerprint density at radius 2 is 0.950 bits per heavy atom. The molecule has 0 aliphatic rings. The van der Waals surface area contributed by atoms with Gasteiger partial charge in [-0.15, -0.1) is 30.6 Å². The van der Waals surface area contributed by atoms with Crippen molar-refractivity contribution >= 4 is 77.4 Å². The number of aromatic nitrogens is 8. The highest BCUT2D eigenvalue weighted by Gasteiger charge is 2.13. The number of hydrogen-bond donors (Lipinski definition) is 2. The topological polar surface area (TPSA) is 110 Å². The molecule has 206 valence electrons. The van der Waals surface area contributed by atoms with Crippen molar-refractivity contribution in [2.75, 3.05) is 10.6 Å². The van der Waals surface area contributed by atoms with E-state index in [0.717, 1.165) is 81.7 Å². The number of rotatable bonds is 13. The summed E-state index contributed by atoms with van der Waals surface area (Å²) >= 11 is 14.9. The third-order valence-corrected chi connectivity index (χ3v) is 8.49. The van der Waals surface area contributed by atoms with Crippen molar-refractivity contribution in [3.05, 3.63) is 70.2 Å². The Morgan fingerprint density at radius 3 is 1.38 bits per heavy atom. The normalized spacial score (nSPS) is 11.6. The molecule has 0 atom stereocenters. The van der Waals surface area contributed by atoms with Gasteiger partial charge in [0.1, 0.15) is 0 Å². The molecule has 2 aromatic carbocycles. The third-order valence-electron chi connectivity index (χ3n) is 6.35. The van der Waals surface area contributed by atoms with Gasteiger partial charge in [0.15, 0.2) is 11.6 Å². The maximum absolute atomic E-state index is 5.97. The van der Waals surface area contributed by atoms with Gasteiger partial charge in [-0.05, 0) is 61.4 Å². The number of aryl methyl sites for hydroxylation is 2. The van der Waals surface area contributed by atoms with Gasteiger partial charge in [0, 0.05) is 34.3 Å². The predicted octanol–water partition coefficient (Wildman–Crippen LogP) is 7.60. The van der Waals surface area contributed by atoms with Gasteiger partial charge in [-0.1, -0.05) is 71.6 Å². The van der Waals surface area contributed by atoms with Gasteiger partial charge in [0.05, 0.1) is 0 Å². The van der Waals surface area contributed by atoms with Crippen LogP contribution in [0.5, 0.6) is 0 Å². The van der Waals surface area contributed by atoms with Crippen LogP contribution >= 0.6 is 45.9 Å². The van der Waals surface area contributed by atoms with Gasteiger partial charge in [-0.25, -0.2) is 0 Å². The van der Waals surface area contributed by atoms with E-state index >= 15 is 0 Å². The maximum Gasteiger partial charge on any atom is 0.236 e. The van der Waals surface area contributed by atoms with Crippen LogP contribution in [-0.4, -0.2) is 39.6 Å². The predicted molar refractivity (Wildman–Crippen MR) is 162 cm³/mol. The second-order valence-electron chi connectivity index (χ2n) is 9.32. The van der Waals surface area contributed by atoms with E-state index in [4.69, 9.17) is 23.2 Å². The van der Waals surface area contributed by atoms with E-state index in [-0.39, 0.29) is 0 Å². The van der Waals surface area contributed by atoms with Crippen molar-refractivity contribution in [3.8, 4) is 0 Å². The highest BCUT2D eigenvalue weighted by molar-refractivity contribution is 7.20. The van der Waals surface area contributed by atoms with E-state index in [1.165, 1.54) is 35.5 Å². The average Bonchev–Trinajstić information content (AvgIpc) is 3.71. The number of fused-ring (bicyclic) bond motifs is 2. The first-order valence-electron chi connectivity index (χ1n) is 13.1. The zero-order valence-corrected chi connectivity index (χ0v) is 24.6. The van der Waals surface area contributed by atoms with Gasteiger partial charge in [-0.3, -0.25) is 0 Å². The van der Waals surface area contributed by atoms with Crippen molar-refractivity contribution in [1.82, 2.24) is 39.6 Å². The Hall–Kier alpha value is -3.32. The van der Waals surface area contributed by atoms with Gasteiger partial charge in [-0.2, -0.15) is 9.03 Å². The highest BCUT2D eigenvalue weighted by atomic mass is 35.5. The molecule has 40 heavy (non-hydrogen) atoms. The molecular weight excluding hydrogens is 587 g/mol. The SMILES string of the molecule is Clc1ccc(Nc2nn3c(CCCCCCCCc4nnc5sc(Nc6ccc(Cl)cc6)nn45)nnc3s2)cc1. The van der Waals surface area contributed by atoms with Crippen LogP contribution in [0, 0.1) is 0 Å². The summed E-state index contributed by atoms with van der Waals surface area (Å²) in [6, 6.07) is 15.1. The first-order valence-corrected chi connectivity index (χ1v) is 15.5. The number of nitrogens with zero attached hydrogens (tertiary/aromatic N) is 8. The van der Waals surface area contributed by atoms with Crippen LogP contribution in [0.4, 0.5) is 21.6 Å². The molecule has 0 fully saturated rings. The second kappa shape index (κ2) is 12.5. The Balaban J connectivity index is 0.905. The maximum atomic E-state index is 5.97. The number of benzene rings is 2. The number of anilines is 4. The minimum atomic E-state index is 0.705. The van der Waals surface area contributed by atoms with Crippen LogP contribution in [0.25, 0.3) is 9.92 Å². The lowest BCUT2D eigenvalue weighted by Crippen LogP contribution is -1.98. The van der Waals surface area contributed by atoms with Gasteiger partial charge in [0.2, 0.25) is 20.2 Å². The smallest absolute Gasteiger partial charge is 0.236 e. The van der Waals surface area contributed by atoms with Crippen molar-refractivity contribution in [2.45, 2.75) is 51.4 Å². The summed E-state index contributed by atoms with van der Waals surface area (Å²) in [4.78, 5) is 1.59. The standard InChI is InChI=1S/C26H26Cl2N10S2/c27-17-9-13-19(14-10-17)29-23-35-37-21(31-33-25(37)39-23)7-5-3-1-2-4-6-8-22-32-34-26-38(22)36-24(40-26)30-20-15-11-18(28)12-16-20/h9-16H,1-8H2,(H,29,35)(H,30,36). The monoisotopic (exact) mass is 612 g/mol. The van der Waals surface area contributed by atoms with E-state index < -0.39 is 0 Å². The molecule has 0 radical (unpaired) electrons. The van der Waals surface area contributed by atoms with Crippen LogP contribution in [0.15, 0.2) is 48.5 Å². The first-order chi connectivity index (χ1) is 19.6. The lowest BCUT2D eigenvalue weighted by atomic mass is 10.1. The van der Waals surface area contributed by atoms with E-state index in [9.17, 15) is 0 Å². The molecule has 6 aromatic rings. The summed E-state index contributed by atoms with van der Waals surface area (Å²) in [5.74, 6) is 1.80. The van der Waals surface area contributed by atoms with Crippen LogP contribution in [-0.2, 0) is 12.8 Å². The van der Waals surface area contributed by atoms with Crippen molar-refractivity contribution in [1.29, 1.82) is 0 Å². The Bertz CT molecular complexity index is 1560. The lowest BCUT2D eigenvalue weighted by Gasteiger charge is -2.02. The molecule has 0 amide bonds. The summed E-state index contributed by atoms with van der Waals surface area (Å²) in [6.07, 6.45) is 8.51. The molecule has 0 unspecified atom stereocenters. The van der Waals surface area contributed by atoms with Crippen LogP contribution in [0.3, 0.4) is 0 Å². The molecule has 4 aromatic heterocycles. The molecular formula is C26H26Cl2N10S2. The second-order valence-corrected chi connectivity index (χ2v) is 12.1. The van der Waals surface area contributed by atoms with Gasteiger partial charge >= 0.3 is 0 Å². The summed E-state index contributed by atoms with van der Waals surface area (Å²) in [5.41, 5.74) is 1.87. The highest BCUT2D eigenvalue weighted by Crippen LogP contribution is 2.26. The van der Waals surface area contributed by atoms with Crippen LogP contribution < -0.4 is 10.6 Å². The lowest BCUT2D eigenvalue weighted by molar-refractivity contribution is 0.578. The zero-order chi connectivity index (χ0) is 27.3. The molecule has 0 aliphatic heterocycles. The van der Waals surface area contributed by atoms with Crippen LogP contribution in [0.2, 0.25) is 10.0 Å². The first kappa shape index (κ1) is 26.9. The summed E-state index contributed by atoms with van der Waals surface area (Å²) in [7, 11) is 0. The molecule has 10 nitrogen and oxygen atoms in total. The van der Waals surface area contributed by atoms with Crippen molar-refractivity contribution in [2.24, 2.45) is 0 Å². The average molecular weight is 614 g/mol.